The quantitative estimate of drug-likeness (QED) is 0.349. The number of aryl methyl sites for hydroxylation is 1. The molecule has 0 amide bonds. The Kier molecular flexibility index (Phi) is 10.4. The van der Waals surface area contributed by atoms with Gasteiger partial charge in [-0.05, 0) is 18.9 Å². The van der Waals surface area contributed by atoms with E-state index in [-0.39, 0.29) is 24.0 Å². The van der Waals surface area contributed by atoms with Crippen molar-refractivity contribution in [2.75, 3.05) is 20.2 Å². The number of pyridine rings is 1. The molecule has 0 atom stereocenters. The molecule has 0 bridgehead atoms. The lowest BCUT2D eigenvalue weighted by Gasteiger charge is -2.11. The van der Waals surface area contributed by atoms with E-state index in [1.165, 1.54) is 0 Å². The molecule has 2 N–H and O–H groups in total. The maximum atomic E-state index is 5.48. The van der Waals surface area contributed by atoms with Crippen LogP contribution in [0.1, 0.15) is 29.6 Å². The summed E-state index contributed by atoms with van der Waals surface area (Å²) in [6.45, 7) is 6.25. The van der Waals surface area contributed by atoms with Crippen molar-refractivity contribution in [2.24, 2.45) is 4.99 Å². The first-order valence-corrected chi connectivity index (χ1v) is 9.02. The number of thiazole rings is 1. The molecular weight excluding hydrogens is 449 g/mol. The van der Waals surface area contributed by atoms with Gasteiger partial charge in [0.1, 0.15) is 0 Å². The highest BCUT2D eigenvalue weighted by atomic mass is 127. The summed E-state index contributed by atoms with van der Waals surface area (Å²) in [7, 11) is 1.77. The Labute approximate surface area is 170 Å². The lowest BCUT2D eigenvalue weighted by molar-refractivity contribution is 0.305. The van der Waals surface area contributed by atoms with Gasteiger partial charge in [0.15, 0.2) is 5.96 Å². The molecule has 8 heteroatoms. The largest absolute Gasteiger partial charge is 0.478 e. The Morgan fingerprint density at radius 3 is 2.76 bits per heavy atom. The molecule has 0 aliphatic rings. The van der Waals surface area contributed by atoms with Gasteiger partial charge in [0.2, 0.25) is 5.88 Å². The van der Waals surface area contributed by atoms with Crippen LogP contribution in [0.2, 0.25) is 0 Å². The summed E-state index contributed by atoms with van der Waals surface area (Å²) in [6, 6.07) is 3.91. The van der Waals surface area contributed by atoms with Crippen LogP contribution in [-0.4, -0.2) is 36.1 Å². The van der Waals surface area contributed by atoms with E-state index in [1.54, 1.807) is 18.4 Å². The zero-order valence-electron chi connectivity index (χ0n) is 14.9. The predicted octanol–water partition coefficient (Wildman–Crippen LogP) is 3.16. The van der Waals surface area contributed by atoms with Gasteiger partial charge >= 0.3 is 0 Å². The first-order chi connectivity index (χ1) is 11.7. The lowest BCUT2D eigenvalue weighted by Crippen LogP contribution is -2.37. The monoisotopic (exact) mass is 475 g/mol. The molecule has 2 rings (SSSR count). The van der Waals surface area contributed by atoms with E-state index in [2.05, 4.69) is 37.9 Å². The van der Waals surface area contributed by atoms with Gasteiger partial charge in [-0.15, -0.1) is 35.3 Å². The Balaban J connectivity index is 0.00000312. The van der Waals surface area contributed by atoms with Crippen molar-refractivity contribution in [3.8, 4) is 5.88 Å². The maximum absolute atomic E-state index is 5.48. The molecule has 2 heterocycles. The van der Waals surface area contributed by atoms with E-state index in [0.717, 1.165) is 41.6 Å². The summed E-state index contributed by atoms with van der Waals surface area (Å²) in [5.41, 5.74) is 2.20. The van der Waals surface area contributed by atoms with Gasteiger partial charge in [-0.2, -0.15) is 0 Å². The number of guanidine groups is 1. The van der Waals surface area contributed by atoms with Crippen LogP contribution in [0.5, 0.6) is 5.88 Å². The second-order valence-electron chi connectivity index (χ2n) is 5.31. The standard InChI is InChI=1S/C17H25N5OS.HI/c1-4-9-23-16-6-5-14(10-20-16)11-21-17(18-3)19-8-7-15-12-24-13(2)22-15;/h5-6,10,12H,4,7-9,11H2,1-3H3,(H2,18,19,21);1H. The van der Waals surface area contributed by atoms with Crippen molar-refractivity contribution >= 4 is 41.3 Å². The van der Waals surface area contributed by atoms with E-state index < -0.39 is 0 Å². The van der Waals surface area contributed by atoms with Gasteiger partial charge in [-0.25, -0.2) is 9.97 Å². The molecule has 0 radical (unpaired) electrons. The number of nitrogens with zero attached hydrogens (tertiary/aromatic N) is 3. The van der Waals surface area contributed by atoms with Gasteiger partial charge in [0.05, 0.1) is 17.3 Å². The van der Waals surface area contributed by atoms with E-state index in [0.29, 0.717) is 19.0 Å². The number of ether oxygens (including phenoxy) is 1. The highest BCUT2D eigenvalue weighted by molar-refractivity contribution is 14.0. The molecule has 0 saturated heterocycles. The SMILES string of the molecule is CCCOc1ccc(CNC(=NC)NCCc2csc(C)n2)cn1.I. The third-order valence-corrected chi connectivity index (χ3v) is 4.10. The van der Waals surface area contributed by atoms with Crippen molar-refractivity contribution in [1.29, 1.82) is 0 Å². The number of nitrogens with one attached hydrogen (secondary N) is 2. The zero-order chi connectivity index (χ0) is 17.2. The van der Waals surface area contributed by atoms with Gasteiger partial charge in [-0.1, -0.05) is 13.0 Å². The van der Waals surface area contributed by atoms with Crippen LogP contribution in [0.3, 0.4) is 0 Å². The average Bonchev–Trinajstić information content (AvgIpc) is 3.02. The summed E-state index contributed by atoms with van der Waals surface area (Å²) in [4.78, 5) is 13.0. The maximum Gasteiger partial charge on any atom is 0.213 e. The fourth-order valence-corrected chi connectivity index (χ4v) is 2.69. The second kappa shape index (κ2) is 12.0. The minimum absolute atomic E-state index is 0. The van der Waals surface area contributed by atoms with Crippen molar-refractivity contribution in [1.82, 2.24) is 20.6 Å². The molecule has 138 valence electrons. The summed E-state index contributed by atoms with van der Waals surface area (Å²) in [5.74, 6) is 1.44. The molecule has 0 aliphatic carbocycles. The molecule has 0 saturated carbocycles. The predicted molar refractivity (Wildman–Crippen MR) is 114 cm³/mol. The first kappa shape index (κ1) is 21.6. The zero-order valence-corrected chi connectivity index (χ0v) is 18.1. The molecule has 25 heavy (non-hydrogen) atoms. The second-order valence-corrected chi connectivity index (χ2v) is 6.38. The van der Waals surface area contributed by atoms with Gasteiger partial charge in [-0.3, -0.25) is 4.99 Å². The van der Waals surface area contributed by atoms with Gasteiger partial charge in [0, 0.05) is 44.2 Å². The first-order valence-electron chi connectivity index (χ1n) is 8.14. The Bertz CT molecular complexity index is 645. The van der Waals surface area contributed by atoms with Gasteiger partial charge < -0.3 is 15.4 Å². The van der Waals surface area contributed by atoms with E-state index in [1.807, 2.05) is 25.3 Å². The Morgan fingerprint density at radius 2 is 2.16 bits per heavy atom. The van der Waals surface area contributed by atoms with Crippen LogP contribution >= 0.6 is 35.3 Å². The minimum atomic E-state index is 0. The van der Waals surface area contributed by atoms with Crippen molar-refractivity contribution in [3.63, 3.8) is 0 Å². The molecular formula is C17H26IN5OS. The summed E-state index contributed by atoms with van der Waals surface area (Å²) >= 11 is 1.68. The number of aliphatic imine (C=N–C) groups is 1. The molecule has 0 aliphatic heterocycles. The van der Waals surface area contributed by atoms with E-state index in [4.69, 9.17) is 4.74 Å². The molecule has 6 nitrogen and oxygen atoms in total. The highest BCUT2D eigenvalue weighted by Crippen LogP contribution is 2.08. The number of halogens is 1. The molecule has 0 spiro atoms. The third-order valence-electron chi connectivity index (χ3n) is 3.28. The molecule has 0 fully saturated rings. The van der Waals surface area contributed by atoms with Crippen LogP contribution in [0, 0.1) is 6.92 Å². The van der Waals surface area contributed by atoms with Crippen LogP contribution in [0.25, 0.3) is 0 Å². The van der Waals surface area contributed by atoms with Gasteiger partial charge in [0.25, 0.3) is 0 Å². The average molecular weight is 475 g/mol. The molecule has 2 aromatic rings. The molecule has 2 aromatic heterocycles. The molecule has 0 unspecified atom stereocenters. The van der Waals surface area contributed by atoms with E-state index in [9.17, 15) is 0 Å². The number of hydrogen-bond acceptors (Lipinski definition) is 5. The Morgan fingerprint density at radius 1 is 1.32 bits per heavy atom. The van der Waals surface area contributed by atoms with Crippen LogP contribution < -0.4 is 15.4 Å². The fraction of sp³-hybridized carbons (Fsp3) is 0.471. The van der Waals surface area contributed by atoms with Crippen LogP contribution in [-0.2, 0) is 13.0 Å². The molecule has 0 aromatic carbocycles. The van der Waals surface area contributed by atoms with Crippen molar-refractivity contribution in [3.05, 3.63) is 40.0 Å². The normalized spacial score (nSPS) is 10.9. The Hall–Kier alpha value is -1.42. The van der Waals surface area contributed by atoms with Crippen LogP contribution in [0.15, 0.2) is 28.7 Å². The minimum Gasteiger partial charge on any atom is -0.478 e. The van der Waals surface area contributed by atoms with Crippen molar-refractivity contribution < 1.29 is 4.74 Å². The summed E-state index contributed by atoms with van der Waals surface area (Å²) < 4.78 is 5.48. The smallest absolute Gasteiger partial charge is 0.213 e. The number of aromatic nitrogens is 2. The van der Waals surface area contributed by atoms with Crippen molar-refractivity contribution in [2.45, 2.75) is 33.2 Å². The lowest BCUT2D eigenvalue weighted by atomic mass is 10.3. The van der Waals surface area contributed by atoms with Crippen LogP contribution in [0.4, 0.5) is 0 Å². The number of rotatable bonds is 8. The summed E-state index contributed by atoms with van der Waals surface area (Å²) in [6.07, 6.45) is 3.69. The third kappa shape index (κ3) is 8.00. The van der Waals surface area contributed by atoms with E-state index >= 15 is 0 Å². The topological polar surface area (TPSA) is 71.4 Å². The number of hydrogen-bond donors (Lipinski definition) is 2. The fourth-order valence-electron chi connectivity index (χ4n) is 2.05. The highest BCUT2D eigenvalue weighted by Gasteiger charge is 2.02. The summed E-state index contributed by atoms with van der Waals surface area (Å²) in [5, 5.41) is 9.78.